The van der Waals surface area contributed by atoms with Crippen LogP contribution in [-0.4, -0.2) is 27.7 Å². The van der Waals surface area contributed by atoms with Gasteiger partial charge in [-0.25, -0.2) is 5.84 Å². The molecule has 2 aromatic rings. The van der Waals surface area contributed by atoms with Gasteiger partial charge >= 0.3 is 0 Å². The van der Waals surface area contributed by atoms with Crippen LogP contribution in [0.25, 0.3) is 0 Å². The van der Waals surface area contributed by atoms with E-state index in [9.17, 15) is 24.6 Å². The molecule has 0 aliphatic carbocycles. The van der Waals surface area contributed by atoms with Gasteiger partial charge in [-0.15, -0.1) is 0 Å². The first kappa shape index (κ1) is 37.0. The number of hydrogen-bond donors (Lipinski definition) is 4. The van der Waals surface area contributed by atoms with Crippen molar-refractivity contribution in [2.24, 2.45) is 11.8 Å². The summed E-state index contributed by atoms with van der Waals surface area (Å²) >= 11 is 0. The molecule has 0 aromatic heterocycles. The van der Waals surface area contributed by atoms with E-state index in [0.717, 1.165) is 33.4 Å². The second-order valence-electron chi connectivity index (χ2n) is 16.3. The Morgan fingerprint density at radius 3 is 1.11 bits per heavy atom. The number of Topliss-reactive ketones (excluding diaryl/α,β-unsaturated/α-hetero) is 2. The summed E-state index contributed by atoms with van der Waals surface area (Å²) in [5.41, 5.74) is 5.84. The molecule has 0 saturated carbocycles. The van der Waals surface area contributed by atoms with Crippen molar-refractivity contribution in [3.05, 3.63) is 57.6 Å². The molecule has 44 heavy (non-hydrogen) atoms. The maximum atomic E-state index is 13.5. The molecule has 1 amide bonds. The highest BCUT2D eigenvalue weighted by Crippen LogP contribution is 2.41. The van der Waals surface area contributed by atoms with Gasteiger partial charge in [0, 0.05) is 19.3 Å². The van der Waals surface area contributed by atoms with Gasteiger partial charge < -0.3 is 10.2 Å². The lowest BCUT2D eigenvalue weighted by atomic mass is 9.77. The number of nitrogens with two attached hydrogens (primary N) is 1. The van der Waals surface area contributed by atoms with Crippen LogP contribution in [0.15, 0.2) is 24.3 Å². The average molecular weight is 609 g/mol. The molecular weight excluding hydrogens is 552 g/mol. The zero-order valence-electron chi connectivity index (χ0n) is 29.1. The molecule has 0 aliphatic rings. The molecule has 0 radical (unpaired) electrons. The third-order valence-electron chi connectivity index (χ3n) is 8.22. The van der Waals surface area contributed by atoms with E-state index in [1.807, 2.05) is 107 Å². The van der Waals surface area contributed by atoms with Crippen molar-refractivity contribution < 1.29 is 24.6 Å². The number of hydrazine groups is 1. The molecule has 0 atom stereocenters. The number of aromatic hydroxyl groups is 2. The maximum absolute atomic E-state index is 13.5. The van der Waals surface area contributed by atoms with Crippen LogP contribution in [0.2, 0.25) is 0 Å². The summed E-state index contributed by atoms with van der Waals surface area (Å²) < 4.78 is 0. The minimum Gasteiger partial charge on any atom is -0.507 e. The highest BCUT2D eigenvalue weighted by atomic mass is 16.3. The number of aryl methyl sites for hydroxylation is 2. The number of hydrogen-bond acceptors (Lipinski definition) is 6. The number of carbonyl (C=O) groups excluding carboxylic acids is 3. The molecule has 0 aliphatic heterocycles. The quantitative estimate of drug-likeness (QED) is 0.0996. The lowest BCUT2D eigenvalue weighted by Crippen LogP contribution is -2.36. The fraction of sp³-hybridized carbons (Fsp3) is 0.595. The third kappa shape index (κ3) is 9.40. The number of amides is 1. The number of nitrogens with one attached hydrogen (secondary N) is 1. The molecule has 7 nitrogen and oxygen atoms in total. The number of benzene rings is 2. The Morgan fingerprint density at radius 1 is 0.614 bits per heavy atom. The van der Waals surface area contributed by atoms with Gasteiger partial charge in [0.05, 0.1) is 5.92 Å². The van der Waals surface area contributed by atoms with Crippen molar-refractivity contribution in [2.45, 2.75) is 137 Å². The lowest BCUT2D eigenvalue weighted by molar-refractivity contribution is -0.137. The molecule has 244 valence electrons. The number of rotatable bonds is 10. The molecule has 0 heterocycles. The van der Waals surface area contributed by atoms with Gasteiger partial charge in [0.15, 0.2) is 0 Å². The van der Waals surface area contributed by atoms with Gasteiger partial charge in [0.2, 0.25) is 5.91 Å². The maximum Gasteiger partial charge on any atom is 0.235 e. The van der Waals surface area contributed by atoms with Gasteiger partial charge in [0.25, 0.3) is 0 Å². The molecule has 5 N–H and O–H groups in total. The Balaban J connectivity index is 2.36. The van der Waals surface area contributed by atoms with E-state index in [1.54, 1.807) is 0 Å². The van der Waals surface area contributed by atoms with E-state index >= 15 is 0 Å². The van der Waals surface area contributed by atoms with E-state index < -0.39 is 11.8 Å². The molecular formula is C37H56N2O5. The second kappa shape index (κ2) is 13.4. The van der Waals surface area contributed by atoms with Crippen LogP contribution in [0.3, 0.4) is 0 Å². The smallest absolute Gasteiger partial charge is 0.235 e. The largest absolute Gasteiger partial charge is 0.507 e. The van der Waals surface area contributed by atoms with Crippen molar-refractivity contribution in [1.29, 1.82) is 0 Å². The zero-order chi connectivity index (χ0) is 34.0. The Morgan fingerprint density at radius 2 is 0.886 bits per heavy atom. The number of ketones is 2. The first-order chi connectivity index (χ1) is 19.9. The lowest BCUT2D eigenvalue weighted by Gasteiger charge is -2.28. The summed E-state index contributed by atoms with van der Waals surface area (Å²) in [6, 6.07) is 7.74. The molecule has 0 unspecified atom stereocenters. The van der Waals surface area contributed by atoms with Crippen molar-refractivity contribution >= 4 is 17.5 Å². The monoisotopic (exact) mass is 608 g/mol. The van der Waals surface area contributed by atoms with E-state index in [-0.39, 0.29) is 64.0 Å². The fourth-order valence-corrected chi connectivity index (χ4v) is 5.50. The first-order valence-corrected chi connectivity index (χ1v) is 15.7. The van der Waals surface area contributed by atoms with Crippen molar-refractivity contribution in [2.75, 3.05) is 0 Å². The van der Waals surface area contributed by atoms with E-state index in [1.165, 1.54) is 0 Å². The predicted molar refractivity (Wildman–Crippen MR) is 178 cm³/mol. The minimum atomic E-state index is -1.11. The number of phenolic OH excluding ortho intramolecular Hbond substituents is 2. The summed E-state index contributed by atoms with van der Waals surface area (Å²) in [4.78, 5) is 39.4. The average Bonchev–Trinajstić information content (AvgIpc) is 2.87. The van der Waals surface area contributed by atoms with Gasteiger partial charge in [-0.1, -0.05) is 107 Å². The van der Waals surface area contributed by atoms with Crippen LogP contribution in [-0.2, 0) is 48.9 Å². The van der Waals surface area contributed by atoms with Crippen molar-refractivity contribution in [3.8, 4) is 11.5 Å². The highest BCUT2D eigenvalue weighted by molar-refractivity contribution is 6.05. The SMILES string of the molecule is CC(C)(C)c1cc(CCC(=O)C(CC(=O)NN)C(=O)CCc2cc(C(C)(C)C)c(O)c(C(C)(C)C)c2)cc(C(C)(C)C)c1O. The van der Waals surface area contributed by atoms with Gasteiger partial charge in [-0.05, 0) is 67.9 Å². The highest BCUT2D eigenvalue weighted by Gasteiger charge is 2.31. The summed E-state index contributed by atoms with van der Waals surface area (Å²) in [6.07, 6.45) is 0.601. The van der Waals surface area contributed by atoms with E-state index in [0.29, 0.717) is 12.8 Å². The topological polar surface area (TPSA) is 130 Å². The summed E-state index contributed by atoms with van der Waals surface area (Å²) in [5, 5.41) is 22.1. The standard InChI is InChI=1S/C37H56N2O5/c1-34(2,3)25-17-22(18-26(32(25)43)35(4,5)6)13-15-29(40)24(21-31(42)39-38)30(41)16-14-23-19-27(36(7,8)9)33(44)28(20-23)37(10,11)12/h17-20,24,43-44H,13-16,21,38H2,1-12H3,(H,39,42). The Kier molecular flexibility index (Phi) is 11.3. The fourth-order valence-electron chi connectivity index (χ4n) is 5.50. The molecule has 7 heteroatoms. The molecule has 2 aromatic carbocycles. The summed E-state index contributed by atoms with van der Waals surface area (Å²) in [5.74, 6) is 3.58. The van der Waals surface area contributed by atoms with Crippen molar-refractivity contribution in [3.63, 3.8) is 0 Å². The van der Waals surface area contributed by atoms with Gasteiger partial charge in [0.1, 0.15) is 23.1 Å². The third-order valence-corrected chi connectivity index (χ3v) is 8.22. The van der Waals surface area contributed by atoms with Crippen LogP contribution in [0.1, 0.15) is 136 Å². The second-order valence-corrected chi connectivity index (χ2v) is 16.3. The first-order valence-electron chi connectivity index (χ1n) is 15.7. The Bertz CT molecular complexity index is 1210. The molecule has 0 fully saturated rings. The van der Waals surface area contributed by atoms with Gasteiger partial charge in [-0.3, -0.25) is 19.8 Å². The predicted octanol–water partition coefficient (Wildman–Crippen LogP) is 6.99. The Labute approximate surface area is 265 Å². The van der Waals surface area contributed by atoms with Crippen LogP contribution in [0.4, 0.5) is 0 Å². The number of carbonyl (C=O) groups is 3. The molecule has 0 spiro atoms. The van der Waals surface area contributed by atoms with Crippen LogP contribution in [0, 0.1) is 5.92 Å². The van der Waals surface area contributed by atoms with E-state index in [4.69, 9.17) is 5.84 Å². The molecule has 0 saturated heterocycles. The van der Waals surface area contributed by atoms with Crippen LogP contribution in [0.5, 0.6) is 11.5 Å². The summed E-state index contributed by atoms with van der Waals surface area (Å²) in [7, 11) is 0. The molecule has 0 bridgehead atoms. The van der Waals surface area contributed by atoms with Gasteiger partial charge in [-0.2, -0.15) is 0 Å². The summed E-state index contributed by atoms with van der Waals surface area (Å²) in [6.45, 7) is 24.4. The van der Waals surface area contributed by atoms with E-state index in [2.05, 4.69) is 5.43 Å². The number of phenols is 2. The van der Waals surface area contributed by atoms with Crippen molar-refractivity contribution in [1.82, 2.24) is 5.43 Å². The zero-order valence-corrected chi connectivity index (χ0v) is 29.1. The Hall–Kier alpha value is -3.19. The van der Waals surface area contributed by atoms with Crippen LogP contribution >= 0.6 is 0 Å². The van der Waals surface area contributed by atoms with Crippen LogP contribution < -0.4 is 11.3 Å². The minimum absolute atomic E-state index is 0.0771. The molecule has 2 rings (SSSR count). The normalized spacial score (nSPS) is 12.9.